The molecule has 9 heteroatoms. The van der Waals surface area contributed by atoms with Gasteiger partial charge >= 0.3 is 5.97 Å². The maximum absolute atomic E-state index is 12.0. The van der Waals surface area contributed by atoms with Gasteiger partial charge in [0.1, 0.15) is 21.5 Å². The molecular formula is C18H17ClN2O4S2. The van der Waals surface area contributed by atoms with Crippen LogP contribution >= 0.6 is 34.7 Å². The Morgan fingerprint density at radius 3 is 2.67 bits per heavy atom. The van der Waals surface area contributed by atoms with Crippen LogP contribution in [0.5, 0.6) is 11.5 Å². The lowest BCUT2D eigenvalue weighted by Gasteiger charge is -2.07. The second-order valence-corrected chi connectivity index (χ2v) is 7.50. The molecule has 142 valence electrons. The smallest absolute Gasteiger partial charge is 0.339 e. The van der Waals surface area contributed by atoms with Crippen LogP contribution in [0.3, 0.4) is 0 Å². The predicted octanol–water partition coefficient (Wildman–Crippen LogP) is 4.70. The van der Waals surface area contributed by atoms with Gasteiger partial charge in [-0.25, -0.2) is 14.8 Å². The second-order valence-electron chi connectivity index (χ2n) is 5.22. The van der Waals surface area contributed by atoms with E-state index in [1.807, 2.05) is 24.3 Å². The molecule has 0 aliphatic heterocycles. The number of benzene rings is 1. The van der Waals surface area contributed by atoms with Gasteiger partial charge in [-0.05, 0) is 31.2 Å². The molecular weight excluding hydrogens is 408 g/mol. The Balaban J connectivity index is 1.61. The van der Waals surface area contributed by atoms with Crippen molar-refractivity contribution < 1.29 is 19.0 Å². The summed E-state index contributed by atoms with van der Waals surface area (Å²) < 4.78 is 15.8. The highest BCUT2D eigenvalue weighted by Gasteiger charge is 2.19. The first-order chi connectivity index (χ1) is 13.1. The highest BCUT2D eigenvalue weighted by molar-refractivity contribution is 7.99. The summed E-state index contributed by atoms with van der Waals surface area (Å²) >= 11 is 9.06. The number of hydrogen-bond donors (Lipinski definition) is 0. The van der Waals surface area contributed by atoms with E-state index in [9.17, 15) is 4.79 Å². The van der Waals surface area contributed by atoms with Gasteiger partial charge < -0.3 is 14.2 Å². The Morgan fingerprint density at radius 2 is 1.96 bits per heavy atom. The molecule has 0 N–H and O–H groups in total. The number of nitrogens with zero attached hydrogens (tertiary/aromatic N) is 2. The predicted molar refractivity (Wildman–Crippen MR) is 108 cm³/mol. The monoisotopic (exact) mass is 424 g/mol. The van der Waals surface area contributed by atoms with Gasteiger partial charge in [0.25, 0.3) is 0 Å². The zero-order valence-corrected chi connectivity index (χ0v) is 17.1. The summed E-state index contributed by atoms with van der Waals surface area (Å²) in [5, 5.41) is 3.04. The molecule has 2 aromatic heterocycles. The van der Waals surface area contributed by atoms with Crippen molar-refractivity contribution in [2.45, 2.75) is 12.1 Å². The van der Waals surface area contributed by atoms with Crippen molar-refractivity contribution in [3.05, 3.63) is 40.4 Å². The molecule has 0 aliphatic carbocycles. The van der Waals surface area contributed by atoms with Crippen LogP contribution in [0.2, 0.25) is 5.15 Å². The molecule has 0 bridgehead atoms. The topological polar surface area (TPSA) is 70.5 Å². The van der Waals surface area contributed by atoms with Gasteiger partial charge in [-0.2, -0.15) is 0 Å². The summed E-state index contributed by atoms with van der Waals surface area (Å²) in [4.78, 5) is 21.4. The minimum atomic E-state index is -0.414. The zero-order chi connectivity index (χ0) is 19.2. The molecule has 3 aromatic rings. The fourth-order valence-electron chi connectivity index (χ4n) is 2.27. The van der Waals surface area contributed by atoms with Gasteiger partial charge in [-0.1, -0.05) is 23.4 Å². The van der Waals surface area contributed by atoms with Gasteiger partial charge in [-0.3, -0.25) is 0 Å². The van der Waals surface area contributed by atoms with Gasteiger partial charge in [0.05, 0.1) is 31.3 Å². The molecule has 27 heavy (non-hydrogen) atoms. The van der Waals surface area contributed by atoms with Gasteiger partial charge in [0.2, 0.25) is 0 Å². The molecule has 6 nitrogen and oxygen atoms in total. The maximum Gasteiger partial charge on any atom is 0.339 e. The summed E-state index contributed by atoms with van der Waals surface area (Å²) in [6.07, 6.45) is 0. The number of carbonyl (C=O) groups excluding carboxylic acids is 1. The van der Waals surface area contributed by atoms with Crippen LogP contribution in [0.1, 0.15) is 17.3 Å². The SMILES string of the molecule is CCOC(=O)c1csc2nc(SCCOc3ccc(OC)cc3)nc(Cl)c12. The number of methoxy groups -OCH3 is 1. The average molecular weight is 425 g/mol. The number of hydrogen-bond acceptors (Lipinski definition) is 8. The molecule has 0 unspecified atom stereocenters. The first kappa shape index (κ1) is 19.7. The van der Waals surface area contributed by atoms with Crippen molar-refractivity contribution in [2.24, 2.45) is 0 Å². The second kappa shape index (κ2) is 9.25. The van der Waals surface area contributed by atoms with Gasteiger partial charge in [0.15, 0.2) is 5.16 Å². The standard InChI is InChI=1S/C18H17ClN2O4S2/c1-3-24-17(22)13-10-27-16-14(13)15(19)20-18(21-16)26-9-8-25-12-6-4-11(23-2)5-7-12/h4-7,10H,3,8-9H2,1-2H3. The van der Waals surface area contributed by atoms with Crippen LogP contribution < -0.4 is 9.47 Å². The summed E-state index contributed by atoms with van der Waals surface area (Å²) in [6.45, 7) is 2.55. The molecule has 3 rings (SSSR count). The first-order valence-electron chi connectivity index (χ1n) is 8.14. The molecule has 2 heterocycles. The number of aromatic nitrogens is 2. The van der Waals surface area contributed by atoms with Crippen molar-refractivity contribution in [3.63, 3.8) is 0 Å². The number of carbonyl (C=O) groups is 1. The van der Waals surface area contributed by atoms with Crippen LogP contribution in [0.4, 0.5) is 0 Å². The highest BCUT2D eigenvalue weighted by atomic mass is 35.5. The number of thioether (sulfide) groups is 1. The van der Waals surface area contributed by atoms with Crippen LogP contribution in [0.25, 0.3) is 10.2 Å². The fraction of sp³-hybridized carbons (Fsp3) is 0.278. The molecule has 0 aliphatic rings. The lowest BCUT2D eigenvalue weighted by atomic mass is 10.2. The zero-order valence-electron chi connectivity index (χ0n) is 14.7. The quantitative estimate of drug-likeness (QED) is 0.170. The largest absolute Gasteiger partial charge is 0.497 e. The summed E-state index contributed by atoms with van der Waals surface area (Å²) in [6, 6.07) is 7.39. The van der Waals surface area contributed by atoms with E-state index in [-0.39, 0.29) is 5.15 Å². The fourth-order valence-corrected chi connectivity index (χ4v) is 4.27. The Kier molecular flexibility index (Phi) is 6.76. The number of thiophene rings is 1. The molecule has 0 spiro atoms. The van der Waals surface area contributed by atoms with E-state index in [1.165, 1.54) is 23.1 Å². The van der Waals surface area contributed by atoms with E-state index in [0.717, 1.165) is 11.5 Å². The summed E-state index contributed by atoms with van der Waals surface area (Å²) in [5.41, 5.74) is 0.404. The normalized spacial score (nSPS) is 10.8. The molecule has 0 saturated carbocycles. The van der Waals surface area contributed by atoms with Crippen molar-refractivity contribution in [2.75, 3.05) is 26.1 Å². The molecule has 1 aromatic carbocycles. The number of ether oxygens (including phenoxy) is 3. The van der Waals surface area contributed by atoms with Gasteiger partial charge in [-0.15, -0.1) is 11.3 Å². The molecule has 0 amide bonds. The van der Waals surface area contributed by atoms with Crippen LogP contribution in [-0.4, -0.2) is 42.0 Å². The van der Waals surface area contributed by atoms with E-state index in [0.29, 0.717) is 39.9 Å². The molecule has 0 saturated heterocycles. The third kappa shape index (κ3) is 4.82. The molecule has 0 fully saturated rings. The maximum atomic E-state index is 12.0. The number of fused-ring (bicyclic) bond motifs is 1. The van der Waals surface area contributed by atoms with Crippen LogP contribution in [-0.2, 0) is 4.74 Å². The van der Waals surface area contributed by atoms with E-state index in [2.05, 4.69) is 9.97 Å². The Bertz CT molecular complexity index is 931. The molecule has 0 radical (unpaired) electrons. The summed E-state index contributed by atoms with van der Waals surface area (Å²) in [5.74, 6) is 1.79. The minimum absolute atomic E-state index is 0.253. The van der Waals surface area contributed by atoms with Crippen LogP contribution in [0, 0.1) is 0 Å². The van der Waals surface area contributed by atoms with Crippen LogP contribution in [0.15, 0.2) is 34.8 Å². The number of rotatable bonds is 8. The van der Waals surface area contributed by atoms with Crippen molar-refractivity contribution in [1.29, 1.82) is 0 Å². The Morgan fingerprint density at radius 1 is 1.22 bits per heavy atom. The Hall–Kier alpha value is -2.03. The van der Waals surface area contributed by atoms with E-state index >= 15 is 0 Å². The lowest BCUT2D eigenvalue weighted by molar-refractivity contribution is 0.0529. The Labute approximate surface area is 169 Å². The number of halogens is 1. The van der Waals surface area contributed by atoms with Crippen molar-refractivity contribution in [1.82, 2.24) is 9.97 Å². The third-order valence-electron chi connectivity index (χ3n) is 3.51. The van der Waals surface area contributed by atoms with Gasteiger partial charge in [0, 0.05) is 11.1 Å². The van der Waals surface area contributed by atoms with E-state index in [4.69, 9.17) is 25.8 Å². The molecule has 0 atom stereocenters. The average Bonchev–Trinajstić information content (AvgIpc) is 3.11. The van der Waals surface area contributed by atoms with Crippen molar-refractivity contribution >= 4 is 50.9 Å². The minimum Gasteiger partial charge on any atom is -0.497 e. The lowest BCUT2D eigenvalue weighted by Crippen LogP contribution is -2.04. The first-order valence-corrected chi connectivity index (χ1v) is 10.4. The van der Waals surface area contributed by atoms with E-state index < -0.39 is 5.97 Å². The third-order valence-corrected chi connectivity index (χ3v) is 5.46. The summed E-state index contributed by atoms with van der Waals surface area (Å²) in [7, 11) is 1.62. The highest BCUT2D eigenvalue weighted by Crippen LogP contribution is 2.32. The number of esters is 1. The van der Waals surface area contributed by atoms with Crippen molar-refractivity contribution in [3.8, 4) is 11.5 Å². The van der Waals surface area contributed by atoms with E-state index in [1.54, 1.807) is 19.4 Å².